The van der Waals surface area contributed by atoms with E-state index in [1.807, 2.05) is 24.3 Å². The van der Waals surface area contributed by atoms with E-state index >= 15 is 0 Å². The number of hydrogen-bond acceptors (Lipinski definition) is 4. The van der Waals surface area contributed by atoms with Gasteiger partial charge in [0, 0.05) is 38.6 Å². The number of furan rings is 1. The summed E-state index contributed by atoms with van der Waals surface area (Å²) in [4.78, 5) is 30.6. The smallest absolute Gasteiger partial charge is 0.241 e. The van der Waals surface area contributed by atoms with Crippen molar-refractivity contribution in [3.8, 4) is 0 Å². The number of piperidine rings is 1. The number of rotatable bonds is 4. The molecule has 3 aliphatic heterocycles. The SMILES string of the molecule is CN(C)C(=O)CN1C(=O)[C@@H]2CC[C@H]1CN(Cc1cc3ccccc3o1)C2. The minimum atomic E-state index is -0.0203. The molecular formula is C20H25N3O3. The summed E-state index contributed by atoms with van der Waals surface area (Å²) in [6.07, 6.45) is 1.88. The van der Waals surface area contributed by atoms with E-state index < -0.39 is 0 Å². The van der Waals surface area contributed by atoms with Crippen LogP contribution in [0.1, 0.15) is 18.6 Å². The summed E-state index contributed by atoms with van der Waals surface area (Å²) >= 11 is 0. The molecule has 3 fully saturated rings. The molecule has 0 spiro atoms. The van der Waals surface area contributed by atoms with Crippen LogP contribution in [0.4, 0.5) is 0 Å². The lowest BCUT2D eigenvalue weighted by molar-refractivity contribution is -0.145. The molecular weight excluding hydrogens is 330 g/mol. The molecule has 138 valence electrons. The summed E-state index contributed by atoms with van der Waals surface area (Å²) in [7, 11) is 3.47. The van der Waals surface area contributed by atoms with Crippen molar-refractivity contribution < 1.29 is 14.0 Å². The van der Waals surface area contributed by atoms with E-state index in [0.717, 1.165) is 42.7 Å². The van der Waals surface area contributed by atoms with Gasteiger partial charge < -0.3 is 14.2 Å². The Bertz CT molecular complexity index is 796. The van der Waals surface area contributed by atoms with Crippen LogP contribution in [0.25, 0.3) is 11.0 Å². The molecule has 3 aliphatic rings. The average molecular weight is 355 g/mol. The number of benzene rings is 1. The lowest BCUT2D eigenvalue weighted by Crippen LogP contribution is -2.51. The number of nitrogens with zero attached hydrogens (tertiary/aromatic N) is 3. The number of likely N-dealkylation sites (N-methyl/N-ethyl adjacent to an activating group) is 1. The third kappa shape index (κ3) is 3.21. The van der Waals surface area contributed by atoms with Crippen LogP contribution in [0, 0.1) is 5.92 Å². The van der Waals surface area contributed by atoms with Crippen LogP contribution in [0.5, 0.6) is 0 Å². The summed E-state index contributed by atoms with van der Waals surface area (Å²) < 4.78 is 5.95. The molecule has 0 unspecified atom stereocenters. The van der Waals surface area contributed by atoms with Crippen molar-refractivity contribution in [1.29, 1.82) is 0 Å². The summed E-state index contributed by atoms with van der Waals surface area (Å²) in [5.41, 5.74) is 0.898. The van der Waals surface area contributed by atoms with Crippen molar-refractivity contribution in [2.75, 3.05) is 33.7 Å². The maximum Gasteiger partial charge on any atom is 0.241 e. The van der Waals surface area contributed by atoms with Gasteiger partial charge in [-0.3, -0.25) is 14.5 Å². The van der Waals surface area contributed by atoms with Gasteiger partial charge in [0.2, 0.25) is 11.8 Å². The van der Waals surface area contributed by atoms with Crippen LogP contribution in [-0.4, -0.2) is 66.3 Å². The van der Waals surface area contributed by atoms with Gasteiger partial charge in [-0.1, -0.05) is 18.2 Å². The zero-order valence-corrected chi connectivity index (χ0v) is 15.4. The second kappa shape index (κ2) is 6.76. The third-order valence-corrected chi connectivity index (χ3v) is 5.53. The van der Waals surface area contributed by atoms with Crippen molar-refractivity contribution in [3.63, 3.8) is 0 Å². The molecule has 26 heavy (non-hydrogen) atoms. The fourth-order valence-electron chi connectivity index (χ4n) is 4.09. The average Bonchev–Trinajstić information content (AvgIpc) is 2.84. The summed E-state index contributed by atoms with van der Waals surface area (Å²) in [6, 6.07) is 10.2. The van der Waals surface area contributed by atoms with Gasteiger partial charge in [0.15, 0.2) is 0 Å². The predicted octanol–water partition coefficient (Wildman–Crippen LogP) is 1.94. The first-order chi connectivity index (χ1) is 12.5. The monoisotopic (exact) mass is 355 g/mol. The highest BCUT2D eigenvalue weighted by Gasteiger charge is 2.41. The Balaban J connectivity index is 1.50. The predicted molar refractivity (Wildman–Crippen MR) is 98.4 cm³/mol. The van der Waals surface area contributed by atoms with Crippen molar-refractivity contribution >= 4 is 22.8 Å². The van der Waals surface area contributed by atoms with Gasteiger partial charge in [0.1, 0.15) is 17.9 Å². The van der Waals surface area contributed by atoms with Gasteiger partial charge in [-0.15, -0.1) is 0 Å². The number of fused-ring (bicyclic) bond motifs is 5. The Morgan fingerprint density at radius 2 is 2.04 bits per heavy atom. The maximum atomic E-state index is 12.8. The highest BCUT2D eigenvalue weighted by atomic mass is 16.3. The molecule has 0 saturated carbocycles. The van der Waals surface area contributed by atoms with Crippen LogP contribution < -0.4 is 0 Å². The minimum Gasteiger partial charge on any atom is -0.460 e. The fraction of sp³-hybridized carbons (Fsp3) is 0.500. The molecule has 4 heterocycles. The van der Waals surface area contributed by atoms with E-state index in [4.69, 9.17) is 4.42 Å². The van der Waals surface area contributed by atoms with Gasteiger partial charge in [-0.05, 0) is 25.0 Å². The van der Waals surface area contributed by atoms with Crippen LogP contribution >= 0.6 is 0 Å². The van der Waals surface area contributed by atoms with E-state index in [1.54, 1.807) is 23.9 Å². The van der Waals surface area contributed by atoms with Gasteiger partial charge in [-0.25, -0.2) is 0 Å². The highest BCUT2D eigenvalue weighted by molar-refractivity contribution is 5.87. The van der Waals surface area contributed by atoms with Crippen molar-refractivity contribution in [1.82, 2.24) is 14.7 Å². The lowest BCUT2D eigenvalue weighted by Gasteiger charge is -2.36. The summed E-state index contributed by atoms with van der Waals surface area (Å²) in [5.74, 6) is 1.02. The number of para-hydroxylation sites is 1. The molecule has 0 aliphatic carbocycles. The van der Waals surface area contributed by atoms with E-state index in [0.29, 0.717) is 6.54 Å². The molecule has 3 saturated heterocycles. The van der Waals surface area contributed by atoms with Crippen LogP contribution in [-0.2, 0) is 16.1 Å². The number of hydrogen-bond donors (Lipinski definition) is 0. The van der Waals surface area contributed by atoms with Crippen molar-refractivity contribution in [3.05, 3.63) is 36.1 Å². The minimum absolute atomic E-state index is 0.0188. The van der Waals surface area contributed by atoms with Crippen LogP contribution in [0.2, 0.25) is 0 Å². The van der Waals surface area contributed by atoms with Gasteiger partial charge >= 0.3 is 0 Å². The van der Waals surface area contributed by atoms with Crippen molar-refractivity contribution in [2.45, 2.75) is 25.4 Å². The maximum absolute atomic E-state index is 12.8. The van der Waals surface area contributed by atoms with Gasteiger partial charge in [0.05, 0.1) is 12.5 Å². The molecule has 2 bridgehead atoms. The summed E-state index contributed by atoms with van der Waals surface area (Å²) in [6.45, 7) is 2.41. The first-order valence-corrected chi connectivity index (χ1v) is 9.21. The van der Waals surface area contributed by atoms with E-state index in [2.05, 4.69) is 11.0 Å². The molecule has 0 radical (unpaired) electrons. The Morgan fingerprint density at radius 1 is 1.23 bits per heavy atom. The van der Waals surface area contributed by atoms with E-state index in [-0.39, 0.29) is 30.3 Å². The second-order valence-electron chi connectivity index (χ2n) is 7.63. The number of carbonyl (C=O) groups excluding carboxylic acids is 2. The molecule has 5 rings (SSSR count). The molecule has 2 amide bonds. The quantitative estimate of drug-likeness (QED) is 0.841. The largest absolute Gasteiger partial charge is 0.460 e. The van der Waals surface area contributed by atoms with Gasteiger partial charge in [-0.2, -0.15) is 0 Å². The van der Waals surface area contributed by atoms with E-state index in [1.165, 1.54) is 0 Å². The Morgan fingerprint density at radius 3 is 2.81 bits per heavy atom. The fourth-order valence-corrected chi connectivity index (χ4v) is 4.09. The first-order valence-electron chi connectivity index (χ1n) is 9.21. The molecule has 6 heteroatoms. The number of carbonyl (C=O) groups is 2. The normalized spacial score (nSPS) is 23.5. The standard InChI is InChI=1S/C20H25N3O3/c1-21(2)19(24)13-23-16-8-7-15(20(23)25)10-22(11-16)12-17-9-14-5-3-4-6-18(14)26-17/h3-6,9,15-16H,7-8,10-13H2,1-2H3/t15-,16+/m1/s1. The third-order valence-electron chi connectivity index (χ3n) is 5.53. The molecule has 1 aromatic carbocycles. The van der Waals surface area contributed by atoms with Crippen molar-refractivity contribution in [2.24, 2.45) is 5.92 Å². The molecule has 6 nitrogen and oxygen atoms in total. The molecule has 0 N–H and O–H groups in total. The van der Waals surface area contributed by atoms with Crippen LogP contribution in [0.15, 0.2) is 34.7 Å². The zero-order chi connectivity index (χ0) is 18.3. The van der Waals surface area contributed by atoms with Crippen LogP contribution in [0.3, 0.4) is 0 Å². The molecule has 2 aromatic rings. The Hall–Kier alpha value is -2.34. The van der Waals surface area contributed by atoms with E-state index in [9.17, 15) is 9.59 Å². The van der Waals surface area contributed by atoms with Gasteiger partial charge in [0.25, 0.3) is 0 Å². The lowest BCUT2D eigenvalue weighted by atomic mass is 9.94. The Labute approximate surface area is 153 Å². The first kappa shape index (κ1) is 17.1. The topological polar surface area (TPSA) is 57.0 Å². The molecule has 1 aromatic heterocycles. The highest BCUT2D eigenvalue weighted by Crippen LogP contribution is 2.30. The zero-order valence-electron chi connectivity index (χ0n) is 15.4. The number of amides is 2. The molecule has 2 atom stereocenters. The Kier molecular flexibility index (Phi) is 4.44. The second-order valence-corrected chi connectivity index (χ2v) is 7.63. The summed E-state index contributed by atoms with van der Waals surface area (Å²) in [5, 5.41) is 1.11.